The average molecular weight is 593 g/mol. The molecule has 1 unspecified atom stereocenters. The van der Waals surface area contributed by atoms with Crippen LogP contribution in [0.1, 0.15) is 79.1 Å². The molecule has 0 bridgehead atoms. The highest BCUT2D eigenvalue weighted by Gasteiger charge is 2.55. The van der Waals surface area contributed by atoms with Gasteiger partial charge in [0.1, 0.15) is 6.10 Å². The SMILES string of the molecule is CCCC(=O)OC1O[C@H](COS(=O)(=O)C(F)(F)F)[C@@H](OC(=O)CCC)[C@H](OC(=O)CCC)[C@H]1OC(=O)CCC. The van der Waals surface area contributed by atoms with Crippen LogP contribution in [0.3, 0.4) is 0 Å². The van der Waals surface area contributed by atoms with Gasteiger partial charge in [-0.1, -0.05) is 27.7 Å². The Morgan fingerprint density at radius 1 is 0.667 bits per heavy atom. The molecule has 0 radical (unpaired) electrons. The number of hydrogen-bond donors (Lipinski definition) is 0. The molecule has 1 aliphatic rings. The summed E-state index contributed by atoms with van der Waals surface area (Å²) >= 11 is 0. The number of carbonyl (C=O) groups is 4. The van der Waals surface area contributed by atoms with E-state index in [1.54, 1.807) is 27.7 Å². The predicted octanol–water partition coefficient (Wildman–Crippen LogP) is 3.06. The van der Waals surface area contributed by atoms with Gasteiger partial charge in [0.15, 0.2) is 12.2 Å². The van der Waals surface area contributed by atoms with E-state index >= 15 is 0 Å². The zero-order valence-electron chi connectivity index (χ0n) is 22.2. The quantitative estimate of drug-likeness (QED) is 0.119. The summed E-state index contributed by atoms with van der Waals surface area (Å²) in [5.74, 6) is -3.45. The molecule has 16 heteroatoms. The fourth-order valence-electron chi connectivity index (χ4n) is 3.37. The van der Waals surface area contributed by atoms with E-state index in [0.717, 1.165) is 0 Å². The van der Waals surface area contributed by atoms with Gasteiger partial charge in [-0.05, 0) is 25.7 Å². The zero-order chi connectivity index (χ0) is 29.8. The van der Waals surface area contributed by atoms with Crippen molar-refractivity contribution in [2.75, 3.05) is 6.61 Å². The molecule has 12 nitrogen and oxygen atoms in total. The molecule has 0 amide bonds. The van der Waals surface area contributed by atoms with Crippen molar-refractivity contribution in [1.29, 1.82) is 0 Å². The average Bonchev–Trinajstić information content (AvgIpc) is 2.81. The van der Waals surface area contributed by atoms with E-state index in [1.807, 2.05) is 0 Å². The highest BCUT2D eigenvalue weighted by molar-refractivity contribution is 7.87. The van der Waals surface area contributed by atoms with Gasteiger partial charge in [0.2, 0.25) is 12.4 Å². The molecule has 0 saturated carbocycles. The van der Waals surface area contributed by atoms with Crippen LogP contribution in [-0.2, 0) is 57.2 Å². The van der Waals surface area contributed by atoms with Gasteiger partial charge in [0.05, 0.1) is 6.61 Å². The van der Waals surface area contributed by atoms with Crippen LogP contribution in [0.2, 0.25) is 0 Å². The van der Waals surface area contributed by atoms with Crippen molar-refractivity contribution >= 4 is 34.0 Å². The van der Waals surface area contributed by atoms with Crippen LogP contribution in [0.25, 0.3) is 0 Å². The Labute approximate surface area is 224 Å². The third kappa shape index (κ3) is 10.9. The van der Waals surface area contributed by atoms with Crippen LogP contribution in [0.15, 0.2) is 0 Å². The highest BCUT2D eigenvalue weighted by Crippen LogP contribution is 2.32. The van der Waals surface area contributed by atoms with Crippen molar-refractivity contribution in [3.05, 3.63) is 0 Å². The molecule has 0 spiro atoms. The second-order valence-corrected chi connectivity index (χ2v) is 10.2. The molecular weight excluding hydrogens is 557 g/mol. The first-order valence-corrected chi connectivity index (χ1v) is 14.0. The van der Waals surface area contributed by atoms with Crippen LogP contribution in [0.5, 0.6) is 0 Å². The van der Waals surface area contributed by atoms with E-state index in [-0.39, 0.29) is 25.7 Å². The maximum absolute atomic E-state index is 12.9. The van der Waals surface area contributed by atoms with E-state index < -0.39 is 76.8 Å². The van der Waals surface area contributed by atoms with Gasteiger partial charge in [-0.25, -0.2) is 0 Å². The Hall–Kier alpha value is -2.46. The summed E-state index contributed by atoms with van der Waals surface area (Å²) in [6.07, 6.45) is -8.26. The van der Waals surface area contributed by atoms with Crippen molar-refractivity contribution in [2.24, 2.45) is 0 Å². The Bertz CT molecular complexity index is 937. The van der Waals surface area contributed by atoms with Gasteiger partial charge >= 0.3 is 39.5 Å². The molecule has 1 heterocycles. The second-order valence-electron chi connectivity index (χ2n) is 8.58. The minimum atomic E-state index is -6.12. The fraction of sp³-hybridized carbons (Fsp3) is 0.826. The molecule has 39 heavy (non-hydrogen) atoms. The summed E-state index contributed by atoms with van der Waals surface area (Å²) in [7, 11) is -6.12. The van der Waals surface area contributed by atoms with Gasteiger partial charge < -0.3 is 23.7 Å². The first-order valence-electron chi connectivity index (χ1n) is 12.6. The number of halogens is 3. The van der Waals surface area contributed by atoms with Crippen molar-refractivity contribution in [3.63, 3.8) is 0 Å². The molecule has 226 valence electrons. The smallest absolute Gasteiger partial charge is 0.455 e. The van der Waals surface area contributed by atoms with Crippen molar-refractivity contribution in [1.82, 2.24) is 0 Å². The summed E-state index contributed by atoms with van der Waals surface area (Å²) in [4.78, 5) is 49.6. The molecule has 1 aliphatic heterocycles. The van der Waals surface area contributed by atoms with Crippen LogP contribution in [0, 0.1) is 0 Å². The first-order chi connectivity index (χ1) is 18.2. The molecule has 1 rings (SSSR count). The topological polar surface area (TPSA) is 158 Å². The van der Waals surface area contributed by atoms with E-state index in [0.29, 0.717) is 25.7 Å². The molecule has 0 aromatic rings. The number of ether oxygens (including phenoxy) is 5. The summed E-state index contributed by atoms with van der Waals surface area (Å²) in [5.41, 5.74) is -5.78. The normalized spacial score (nSPS) is 23.5. The number of alkyl halides is 3. The molecule has 0 aromatic carbocycles. The number of esters is 4. The lowest BCUT2D eigenvalue weighted by molar-refractivity contribution is -0.300. The maximum Gasteiger partial charge on any atom is 0.523 e. The number of carbonyl (C=O) groups excluding carboxylic acids is 4. The number of hydrogen-bond acceptors (Lipinski definition) is 12. The van der Waals surface area contributed by atoms with Crippen molar-refractivity contribution < 1.29 is 68.6 Å². The molecule has 0 N–H and O–H groups in total. The van der Waals surface area contributed by atoms with Gasteiger partial charge in [0, 0.05) is 25.7 Å². The van der Waals surface area contributed by atoms with Crippen molar-refractivity contribution in [3.8, 4) is 0 Å². The van der Waals surface area contributed by atoms with Gasteiger partial charge in [-0.3, -0.25) is 23.4 Å². The lowest BCUT2D eigenvalue weighted by Gasteiger charge is -2.44. The third-order valence-corrected chi connectivity index (χ3v) is 6.14. The van der Waals surface area contributed by atoms with E-state index in [4.69, 9.17) is 23.7 Å². The molecule has 5 atom stereocenters. The predicted molar refractivity (Wildman–Crippen MR) is 125 cm³/mol. The van der Waals surface area contributed by atoms with Gasteiger partial charge in [0.25, 0.3) is 0 Å². The van der Waals surface area contributed by atoms with Crippen LogP contribution >= 0.6 is 0 Å². The standard InChI is InChI=1S/C23H35F3O12S/c1-5-9-15(27)35-19-14(13-33-39(31,32)23(24,25)26)34-22(38-18(30)12-8-4)21(37-17(29)11-7-3)20(19)36-16(28)10-6-2/h14,19-22H,5-13H2,1-4H3/t14-,19-,20+,21-,22?/m1/s1. The summed E-state index contributed by atoms with van der Waals surface area (Å²) in [5, 5.41) is 0. The summed E-state index contributed by atoms with van der Waals surface area (Å²) < 4.78 is 92.8. The largest absolute Gasteiger partial charge is 0.523 e. The lowest BCUT2D eigenvalue weighted by Crippen LogP contribution is -2.63. The summed E-state index contributed by atoms with van der Waals surface area (Å²) in [6.45, 7) is 5.23. The minimum absolute atomic E-state index is 0.113. The Balaban J connectivity index is 3.58. The minimum Gasteiger partial charge on any atom is -0.455 e. The number of rotatable bonds is 15. The molecular formula is C23H35F3O12S. The van der Waals surface area contributed by atoms with Crippen LogP contribution in [0.4, 0.5) is 13.2 Å². The van der Waals surface area contributed by atoms with Crippen molar-refractivity contribution in [2.45, 2.75) is 115 Å². The van der Waals surface area contributed by atoms with Crippen LogP contribution < -0.4 is 0 Å². The summed E-state index contributed by atoms with van der Waals surface area (Å²) in [6, 6.07) is 0. The molecule has 1 fully saturated rings. The molecule has 1 saturated heterocycles. The maximum atomic E-state index is 12.9. The Morgan fingerprint density at radius 2 is 1.05 bits per heavy atom. The Kier molecular flexibility index (Phi) is 14.1. The van der Waals surface area contributed by atoms with E-state index in [9.17, 15) is 40.8 Å². The fourth-order valence-corrected chi connectivity index (χ4v) is 3.82. The highest BCUT2D eigenvalue weighted by atomic mass is 32.2. The molecule has 0 aromatic heterocycles. The first kappa shape index (κ1) is 34.6. The van der Waals surface area contributed by atoms with Gasteiger partial charge in [-0.15, -0.1) is 0 Å². The van der Waals surface area contributed by atoms with Crippen LogP contribution in [-0.4, -0.2) is 75.1 Å². The second kappa shape index (κ2) is 16.0. The third-order valence-electron chi connectivity index (χ3n) is 5.13. The lowest BCUT2D eigenvalue weighted by atomic mass is 9.98. The zero-order valence-corrected chi connectivity index (χ0v) is 23.0. The van der Waals surface area contributed by atoms with E-state index in [1.165, 1.54) is 0 Å². The van der Waals surface area contributed by atoms with E-state index in [2.05, 4.69) is 4.18 Å². The monoisotopic (exact) mass is 592 g/mol. The molecule has 0 aliphatic carbocycles. The Morgan fingerprint density at radius 3 is 1.46 bits per heavy atom. The van der Waals surface area contributed by atoms with Gasteiger partial charge in [-0.2, -0.15) is 21.6 Å².